The highest BCUT2D eigenvalue weighted by molar-refractivity contribution is 7.81. The standard InChI is InChI=1S/C23H36N4O4S.C22H34N4O4S2.C16H30N4O4S.C15H29N5O3S2/c1-4-21(29)26-19(14-17-10-6-5-7-11-17)23(31)27-20(15-32)22(30)25-13-9-8-12-18(24-3)16(2)28;1-15(27)17(23-2)10-6-7-11-24-21(29)19(13-31)26-22(30)18(25-20(28)14-32)12-16-8-4-3-5-9-16;1-4-14(22)19-9-15(23)20-13(10-25)16(24)18-8-6-5-7-12(17-3)11(2)21;1-10(21)12(16-3)6-4-5-7-17-15(23)13(9-24)19-14(22)8-18-20-11(2)25/h5-7,10-11,18-20,24,32H,4,8-9,12-15H2,1-3H3,(H,25,30)(H,26,29)(H,27,31);3-5,8-9,17-19,23,31-32H,6-7,10-14H2,1-2H3,(H,24,29)(H,25,28)(H,26,30);12-13,17,25H,4-10H2,1-3H3,(H,18,24)(H,19,22)(H,20,23);12-13,16,18,24H,4-9H2,1-3H3,(H,17,23)(H,19,22)(H,20,25). The molecule has 0 fully saturated rings. The highest BCUT2D eigenvalue weighted by Gasteiger charge is 2.29. The number of unbranched alkanes of at least 4 members (excludes halogenated alkanes) is 4. The summed E-state index contributed by atoms with van der Waals surface area (Å²) in [4.78, 5) is 179. The minimum Gasteiger partial charge on any atom is -0.354 e. The summed E-state index contributed by atoms with van der Waals surface area (Å²) in [6.07, 6.45) is 10.1. The number of ketones is 4. The van der Waals surface area contributed by atoms with Gasteiger partial charge in [0.15, 0.2) is 0 Å². The van der Waals surface area contributed by atoms with Crippen molar-refractivity contribution < 1.29 is 71.9 Å². The summed E-state index contributed by atoms with van der Waals surface area (Å²) in [5, 5.41) is 41.3. The molecule has 2 rings (SSSR count). The number of hydrazine groups is 1. The predicted molar refractivity (Wildman–Crippen MR) is 466 cm³/mol. The van der Waals surface area contributed by atoms with Crippen LogP contribution in [-0.2, 0) is 84.8 Å². The van der Waals surface area contributed by atoms with Gasteiger partial charge in [0.1, 0.15) is 59.4 Å². The molecule has 0 spiro atoms. The average Bonchev–Trinajstić information content (AvgIpc) is 0.876. The zero-order chi connectivity index (χ0) is 86.3. The molecule has 0 saturated heterocycles. The normalized spacial score (nSPS) is 13.2. The number of carbonyl (C=O) groups excluding carboxylic acids is 15. The fourth-order valence-electron chi connectivity index (χ4n) is 10.5. The van der Waals surface area contributed by atoms with Crippen LogP contribution in [0.1, 0.15) is 149 Å². The van der Waals surface area contributed by atoms with Crippen LogP contribution in [0.25, 0.3) is 0 Å². The molecule has 32 nitrogen and oxygen atoms in total. The van der Waals surface area contributed by atoms with Crippen molar-refractivity contribution in [3.8, 4) is 0 Å². The van der Waals surface area contributed by atoms with Gasteiger partial charge in [-0.1, -0.05) is 86.7 Å². The minimum absolute atomic E-state index is 0.0119. The second kappa shape index (κ2) is 67.9. The van der Waals surface area contributed by atoms with Crippen LogP contribution in [0.3, 0.4) is 0 Å². The van der Waals surface area contributed by atoms with Crippen molar-refractivity contribution in [3.05, 3.63) is 71.8 Å². The summed E-state index contributed by atoms with van der Waals surface area (Å²) in [5.41, 5.74) is 7.07. The number of rotatable bonds is 56. The smallest absolute Gasteiger partial charge is 0.243 e. The van der Waals surface area contributed by atoms with Gasteiger partial charge in [0.05, 0.1) is 48.0 Å². The number of amides is 11. The number of thiocarbonyl (C=S) groups is 1. The number of carbonyl (C=O) groups is 15. The van der Waals surface area contributed by atoms with Crippen molar-refractivity contribution >= 4 is 168 Å². The zero-order valence-electron chi connectivity index (χ0n) is 67.9. The van der Waals surface area contributed by atoms with Gasteiger partial charge in [-0.15, -0.1) is 0 Å². The minimum atomic E-state index is -0.836. The van der Waals surface area contributed by atoms with Gasteiger partial charge in [0.25, 0.3) is 0 Å². The molecular formula is C76H129N17O15S6. The van der Waals surface area contributed by atoms with Gasteiger partial charge in [-0.3, -0.25) is 71.9 Å². The van der Waals surface area contributed by atoms with Crippen molar-refractivity contribution in [1.82, 2.24) is 90.6 Å². The topological polar surface area (TPSA) is 461 Å². The number of benzene rings is 2. The Morgan fingerprint density at radius 1 is 0.325 bits per heavy atom. The van der Waals surface area contributed by atoms with Crippen molar-refractivity contribution in [3.63, 3.8) is 0 Å². The van der Waals surface area contributed by atoms with Crippen LogP contribution in [0.4, 0.5) is 0 Å². The molecular weight excluding hydrogens is 1580 g/mol. The molecule has 0 aliphatic rings. The van der Waals surface area contributed by atoms with E-state index < -0.39 is 54.0 Å². The SMILES string of the molecule is CCC(=O)NC(Cc1ccccc1)C(=O)NC(CS)C(=O)NCCCCC(NC)C(C)=O.CCC(=O)NCC(=O)NC(CS)C(=O)NCCCCC(NC)C(C)=O.CNC(CCCCNC(=O)C(CS)NC(=O)C(Cc1ccccc1)NC(=O)CS)C(C)=O.CNC(CCCCNC(=O)C(CS)NC(=O)CNNC(C)=S)C(C)=O. The van der Waals surface area contributed by atoms with Crippen molar-refractivity contribution in [2.45, 2.75) is 212 Å². The maximum Gasteiger partial charge on any atom is 0.243 e. The van der Waals surface area contributed by atoms with E-state index in [2.05, 4.69) is 154 Å². The van der Waals surface area contributed by atoms with Gasteiger partial charge >= 0.3 is 0 Å². The maximum atomic E-state index is 12.8. The van der Waals surface area contributed by atoms with E-state index in [1.54, 1.807) is 76.7 Å². The lowest BCUT2D eigenvalue weighted by atomic mass is 10.0. The fraction of sp³-hybridized carbons (Fsp3) is 0.632. The first-order valence-electron chi connectivity index (χ1n) is 38.3. The average molecular weight is 1710 g/mol. The van der Waals surface area contributed by atoms with Crippen LogP contribution in [0, 0.1) is 0 Å². The quantitative estimate of drug-likeness (QED) is 0.0182. The molecule has 2 aromatic rings. The van der Waals surface area contributed by atoms with E-state index in [4.69, 9.17) is 12.2 Å². The summed E-state index contributed by atoms with van der Waals surface area (Å²) < 4.78 is 0. The summed E-state index contributed by atoms with van der Waals surface area (Å²) in [5.74, 6) is -2.84. The van der Waals surface area contributed by atoms with E-state index in [0.717, 1.165) is 56.1 Å². The molecule has 11 amide bonds. The van der Waals surface area contributed by atoms with Crippen LogP contribution in [0.2, 0.25) is 0 Å². The first-order valence-corrected chi connectivity index (χ1v) is 41.9. The first kappa shape index (κ1) is 109. The molecule has 38 heteroatoms. The molecule has 0 aliphatic heterocycles. The number of hydrogen-bond donors (Lipinski definition) is 22. The van der Waals surface area contributed by atoms with Crippen molar-refractivity contribution in [1.29, 1.82) is 0 Å². The van der Waals surface area contributed by atoms with Gasteiger partial charge in [-0.05, 0) is 151 Å². The van der Waals surface area contributed by atoms with Crippen LogP contribution < -0.4 is 90.6 Å². The number of hydrogen-bond acceptors (Lipinski definition) is 26. The van der Waals surface area contributed by atoms with Crippen LogP contribution in [0.5, 0.6) is 0 Å². The molecule has 0 aliphatic carbocycles. The van der Waals surface area contributed by atoms with E-state index in [1.165, 1.54) is 0 Å². The fourth-order valence-corrected chi connectivity index (χ4v) is 11.6. The molecule has 0 radical (unpaired) electrons. The number of thiol groups is 5. The summed E-state index contributed by atoms with van der Waals surface area (Å²) in [7, 11) is 7.00. The zero-order valence-corrected chi connectivity index (χ0v) is 73.2. The Morgan fingerprint density at radius 3 is 0.868 bits per heavy atom. The third kappa shape index (κ3) is 53.1. The number of Topliss-reactive ketones (excluding diaryl/α,β-unsaturated/α-hetero) is 4. The second-order valence-electron chi connectivity index (χ2n) is 26.3. The molecule has 644 valence electrons. The number of likely N-dealkylation sites (N-methyl/N-ethyl adjacent to an activating group) is 4. The third-order valence-corrected chi connectivity index (χ3v) is 19.0. The molecule has 0 aromatic heterocycles. The summed E-state index contributed by atoms with van der Waals surface area (Å²) in [6, 6.07) is 13.3. The number of nitrogens with one attached hydrogen (secondary N) is 17. The molecule has 0 heterocycles. The summed E-state index contributed by atoms with van der Waals surface area (Å²) in [6.45, 7) is 12.9. The monoisotopic (exact) mass is 1710 g/mol. The van der Waals surface area contributed by atoms with Crippen molar-refractivity contribution in [2.24, 2.45) is 0 Å². The highest BCUT2D eigenvalue weighted by atomic mass is 32.1. The molecule has 2 aromatic carbocycles. The van der Waals surface area contributed by atoms with Crippen LogP contribution >= 0.6 is 75.4 Å². The van der Waals surface area contributed by atoms with E-state index in [-0.39, 0.29) is 149 Å². The van der Waals surface area contributed by atoms with Crippen LogP contribution in [0.15, 0.2) is 60.7 Å². The third-order valence-electron chi connectivity index (χ3n) is 17.1. The Labute approximate surface area is 706 Å². The van der Waals surface area contributed by atoms with Gasteiger partial charge < -0.3 is 85.2 Å². The Balaban J connectivity index is 0. The van der Waals surface area contributed by atoms with Gasteiger partial charge in [0, 0.05) is 74.9 Å². The second-order valence-corrected chi connectivity index (χ2v) is 28.7. The molecule has 10 atom stereocenters. The first-order chi connectivity index (χ1) is 54.3. The van der Waals surface area contributed by atoms with E-state index in [9.17, 15) is 71.9 Å². The van der Waals surface area contributed by atoms with E-state index in [0.29, 0.717) is 76.1 Å². The van der Waals surface area contributed by atoms with Gasteiger partial charge in [-0.2, -0.15) is 63.1 Å². The lowest BCUT2D eigenvalue weighted by molar-refractivity contribution is -0.131. The Bertz CT molecular complexity index is 3110. The van der Waals surface area contributed by atoms with Gasteiger partial charge in [0.2, 0.25) is 65.0 Å². The largest absolute Gasteiger partial charge is 0.354 e. The van der Waals surface area contributed by atoms with Gasteiger partial charge in [-0.25, -0.2) is 5.43 Å². The lowest BCUT2D eigenvalue weighted by Crippen LogP contribution is -2.55. The molecule has 0 bridgehead atoms. The molecule has 17 N–H and O–H groups in total. The Morgan fingerprint density at radius 2 is 0.605 bits per heavy atom. The molecule has 114 heavy (non-hydrogen) atoms. The Hall–Kier alpha value is -7.27. The van der Waals surface area contributed by atoms with Crippen LogP contribution in [-0.4, -0.2) is 250 Å². The summed E-state index contributed by atoms with van der Waals surface area (Å²) >= 11 is 25.3. The molecule has 10 unspecified atom stereocenters. The van der Waals surface area contributed by atoms with E-state index >= 15 is 0 Å². The predicted octanol–water partition coefficient (Wildman–Crippen LogP) is 0.220. The Kier molecular flexibility index (Phi) is 64.7. The lowest BCUT2D eigenvalue weighted by Gasteiger charge is -2.22. The maximum absolute atomic E-state index is 12.8. The van der Waals surface area contributed by atoms with Crippen molar-refractivity contribution in [2.75, 3.05) is 96.2 Å². The highest BCUT2D eigenvalue weighted by Crippen LogP contribution is 2.10. The van der Waals surface area contributed by atoms with E-state index in [1.807, 2.05) is 60.7 Å². The molecule has 0 saturated carbocycles.